The standard InChI is InChI=1S/C13H20ClN3O/c1-2-8-17-9-7-15-11(12(17)18)16-10-13(3-4-13)5-6-14/h7,9H,2-6,8,10H2,1H3,(H,15,16). The second kappa shape index (κ2) is 5.74. The molecule has 1 saturated carbocycles. The van der Waals surface area contributed by atoms with E-state index >= 15 is 0 Å². The molecule has 1 aromatic heterocycles. The van der Waals surface area contributed by atoms with Gasteiger partial charge in [-0.3, -0.25) is 4.79 Å². The third-order valence-electron chi connectivity index (χ3n) is 3.59. The summed E-state index contributed by atoms with van der Waals surface area (Å²) < 4.78 is 1.70. The number of anilines is 1. The third-order valence-corrected chi connectivity index (χ3v) is 3.78. The molecule has 100 valence electrons. The topological polar surface area (TPSA) is 46.9 Å². The molecule has 0 bridgehead atoms. The Bertz CT molecular complexity index is 454. The highest BCUT2D eigenvalue weighted by Gasteiger charge is 2.41. The molecule has 1 N–H and O–H groups in total. The molecular formula is C13H20ClN3O. The van der Waals surface area contributed by atoms with Crippen molar-refractivity contribution in [2.45, 2.75) is 39.2 Å². The number of aromatic nitrogens is 2. The molecular weight excluding hydrogens is 250 g/mol. The number of halogens is 1. The molecule has 0 atom stereocenters. The monoisotopic (exact) mass is 269 g/mol. The number of hydrogen-bond acceptors (Lipinski definition) is 3. The zero-order chi connectivity index (χ0) is 13.0. The molecule has 0 unspecified atom stereocenters. The van der Waals surface area contributed by atoms with Crippen LogP contribution in [0.15, 0.2) is 17.2 Å². The molecule has 0 aliphatic heterocycles. The first-order valence-electron chi connectivity index (χ1n) is 6.56. The molecule has 1 aliphatic rings. The highest BCUT2D eigenvalue weighted by Crippen LogP contribution is 2.48. The van der Waals surface area contributed by atoms with E-state index in [1.165, 1.54) is 12.8 Å². The first kappa shape index (κ1) is 13.4. The van der Waals surface area contributed by atoms with Gasteiger partial charge in [-0.25, -0.2) is 4.98 Å². The normalized spacial score (nSPS) is 16.6. The molecule has 0 saturated heterocycles. The van der Waals surface area contributed by atoms with Crippen molar-refractivity contribution in [2.75, 3.05) is 17.7 Å². The fourth-order valence-electron chi connectivity index (χ4n) is 2.15. The number of nitrogens with zero attached hydrogens (tertiary/aromatic N) is 2. The number of rotatable bonds is 7. The molecule has 4 nitrogen and oxygen atoms in total. The fraction of sp³-hybridized carbons (Fsp3) is 0.692. The van der Waals surface area contributed by atoms with Gasteiger partial charge in [0.2, 0.25) is 0 Å². The molecule has 0 amide bonds. The summed E-state index contributed by atoms with van der Waals surface area (Å²) >= 11 is 5.80. The lowest BCUT2D eigenvalue weighted by molar-refractivity contribution is 0.522. The van der Waals surface area contributed by atoms with Crippen molar-refractivity contribution in [1.29, 1.82) is 0 Å². The molecule has 1 fully saturated rings. The van der Waals surface area contributed by atoms with Crippen LogP contribution in [0.5, 0.6) is 0 Å². The largest absolute Gasteiger partial charge is 0.365 e. The van der Waals surface area contributed by atoms with Gasteiger partial charge in [0.05, 0.1) is 0 Å². The van der Waals surface area contributed by atoms with Crippen molar-refractivity contribution < 1.29 is 0 Å². The second-order valence-corrected chi connectivity index (χ2v) is 5.44. The van der Waals surface area contributed by atoms with Crippen molar-refractivity contribution in [2.24, 2.45) is 5.41 Å². The predicted octanol–water partition coefficient (Wildman–Crippen LogP) is 2.47. The summed E-state index contributed by atoms with van der Waals surface area (Å²) in [6.07, 6.45) is 7.77. The number of nitrogens with one attached hydrogen (secondary N) is 1. The first-order valence-corrected chi connectivity index (χ1v) is 7.09. The maximum atomic E-state index is 12.1. The Hall–Kier alpha value is -1.03. The maximum Gasteiger partial charge on any atom is 0.293 e. The Morgan fingerprint density at radius 2 is 2.33 bits per heavy atom. The van der Waals surface area contributed by atoms with Gasteiger partial charge in [-0.2, -0.15) is 0 Å². The molecule has 0 aromatic carbocycles. The average Bonchev–Trinajstić information content (AvgIpc) is 3.11. The van der Waals surface area contributed by atoms with E-state index in [1.807, 2.05) is 0 Å². The molecule has 18 heavy (non-hydrogen) atoms. The Balaban J connectivity index is 2.01. The smallest absolute Gasteiger partial charge is 0.293 e. The summed E-state index contributed by atoms with van der Waals surface area (Å²) in [5, 5.41) is 3.20. The lowest BCUT2D eigenvalue weighted by atomic mass is 10.0. The Labute approximate surface area is 112 Å². The van der Waals surface area contributed by atoms with Gasteiger partial charge in [-0.1, -0.05) is 6.92 Å². The van der Waals surface area contributed by atoms with E-state index in [0.29, 0.717) is 17.1 Å². The van der Waals surface area contributed by atoms with E-state index in [-0.39, 0.29) is 5.56 Å². The van der Waals surface area contributed by atoms with Crippen LogP contribution in [0.25, 0.3) is 0 Å². The summed E-state index contributed by atoms with van der Waals surface area (Å²) in [6.45, 7) is 3.60. The van der Waals surface area contributed by atoms with E-state index in [9.17, 15) is 4.79 Å². The minimum Gasteiger partial charge on any atom is -0.365 e. The van der Waals surface area contributed by atoms with E-state index in [1.54, 1.807) is 17.0 Å². The average molecular weight is 270 g/mol. The number of aryl methyl sites for hydroxylation is 1. The maximum absolute atomic E-state index is 12.1. The zero-order valence-corrected chi connectivity index (χ0v) is 11.5. The van der Waals surface area contributed by atoms with Gasteiger partial charge >= 0.3 is 0 Å². The Morgan fingerprint density at radius 1 is 1.56 bits per heavy atom. The molecule has 1 aliphatic carbocycles. The quantitative estimate of drug-likeness (QED) is 0.774. The second-order valence-electron chi connectivity index (χ2n) is 5.07. The van der Waals surface area contributed by atoms with Gasteiger partial charge in [0.1, 0.15) is 0 Å². The molecule has 1 heterocycles. The molecule has 2 rings (SSSR count). The van der Waals surface area contributed by atoms with Gasteiger partial charge in [0.15, 0.2) is 5.82 Å². The van der Waals surface area contributed by atoms with E-state index in [4.69, 9.17) is 11.6 Å². The number of alkyl halides is 1. The van der Waals surface area contributed by atoms with Crippen LogP contribution in [-0.4, -0.2) is 22.0 Å². The van der Waals surface area contributed by atoms with Crippen molar-refractivity contribution in [3.8, 4) is 0 Å². The predicted molar refractivity (Wildman–Crippen MR) is 74.3 cm³/mol. The highest BCUT2D eigenvalue weighted by atomic mass is 35.5. The van der Waals surface area contributed by atoms with Crippen LogP contribution in [0.4, 0.5) is 5.82 Å². The third kappa shape index (κ3) is 3.05. The van der Waals surface area contributed by atoms with E-state index in [0.717, 1.165) is 25.9 Å². The minimum absolute atomic E-state index is 0.0268. The fourth-order valence-corrected chi connectivity index (χ4v) is 2.55. The van der Waals surface area contributed by atoms with Gasteiger partial charge in [-0.15, -0.1) is 11.6 Å². The van der Waals surface area contributed by atoms with Crippen LogP contribution in [0, 0.1) is 5.41 Å². The van der Waals surface area contributed by atoms with Crippen LogP contribution >= 0.6 is 11.6 Å². The molecule has 0 radical (unpaired) electrons. The summed E-state index contributed by atoms with van der Waals surface area (Å²) in [7, 11) is 0. The molecule has 1 aromatic rings. The van der Waals surface area contributed by atoms with Gasteiger partial charge in [-0.05, 0) is 31.1 Å². The number of hydrogen-bond donors (Lipinski definition) is 1. The lowest BCUT2D eigenvalue weighted by Crippen LogP contribution is -2.27. The van der Waals surface area contributed by atoms with Crippen molar-refractivity contribution in [3.05, 3.63) is 22.7 Å². The van der Waals surface area contributed by atoms with Crippen molar-refractivity contribution in [3.63, 3.8) is 0 Å². The summed E-state index contributed by atoms with van der Waals surface area (Å²) in [6, 6.07) is 0. The van der Waals surface area contributed by atoms with Crippen LogP contribution < -0.4 is 10.9 Å². The summed E-state index contributed by atoms with van der Waals surface area (Å²) in [5.74, 6) is 1.15. The van der Waals surface area contributed by atoms with Crippen LogP contribution in [-0.2, 0) is 6.54 Å². The van der Waals surface area contributed by atoms with Crippen molar-refractivity contribution >= 4 is 17.4 Å². The van der Waals surface area contributed by atoms with Crippen LogP contribution in [0.1, 0.15) is 32.6 Å². The first-order chi connectivity index (χ1) is 8.71. The van der Waals surface area contributed by atoms with E-state index < -0.39 is 0 Å². The van der Waals surface area contributed by atoms with Crippen molar-refractivity contribution in [1.82, 2.24) is 9.55 Å². The van der Waals surface area contributed by atoms with Gasteiger partial charge < -0.3 is 9.88 Å². The Morgan fingerprint density at radius 3 is 2.94 bits per heavy atom. The zero-order valence-electron chi connectivity index (χ0n) is 10.8. The SMILES string of the molecule is CCCn1ccnc(NCC2(CCCl)CC2)c1=O. The molecule has 0 spiro atoms. The molecule has 5 heteroatoms. The highest BCUT2D eigenvalue weighted by molar-refractivity contribution is 6.17. The van der Waals surface area contributed by atoms with E-state index in [2.05, 4.69) is 17.2 Å². The van der Waals surface area contributed by atoms with Crippen LogP contribution in [0.2, 0.25) is 0 Å². The lowest BCUT2D eigenvalue weighted by Gasteiger charge is -2.15. The Kier molecular flexibility index (Phi) is 4.27. The minimum atomic E-state index is -0.0268. The van der Waals surface area contributed by atoms with Gasteiger partial charge in [0.25, 0.3) is 5.56 Å². The van der Waals surface area contributed by atoms with Gasteiger partial charge in [0, 0.05) is 31.4 Å². The summed E-state index contributed by atoms with van der Waals surface area (Å²) in [5.41, 5.74) is 0.280. The van der Waals surface area contributed by atoms with Crippen LogP contribution in [0.3, 0.4) is 0 Å². The summed E-state index contributed by atoms with van der Waals surface area (Å²) in [4.78, 5) is 16.2.